The average molecular weight is 382 g/mol. The van der Waals surface area contributed by atoms with Gasteiger partial charge in [-0.25, -0.2) is 0 Å². The Morgan fingerprint density at radius 2 is 0.929 bits per heavy atom. The van der Waals surface area contributed by atoms with E-state index in [4.69, 9.17) is 4.74 Å². The highest BCUT2D eigenvalue weighted by Gasteiger charge is 2.25. The van der Waals surface area contributed by atoms with Crippen molar-refractivity contribution in [3.63, 3.8) is 0 Å². The lowest BCUT2D eigenvalue weighted by Gasteiger charge is -2.29. The van der Waals surface area contributed by atoms with Crippen LogP contribution in [-0.4, -0.2) is 12.9 Å². The highest BCUT2D eigenvalue weighted by Crippen LogP contribution is 2.45. The minimum Gasteiger partial charge on any atom is -0.496 e. The number of rotatable bonds is 5. The molecule has 0 heterocycles. The normalized spacial score (nSPS) is 11.0. The first kappa shape index (κ1) is 18.3. The maximum Gasteiger partial charge on any atom is 0.126 e. The second kappa shape index (κ2) is 8.33. The van der Waals surface area contributed by atoms with Crippen LogP contribution < -0.4 is 20.7 Å². The Labute approximate surface area is 167 Å². The lowest BCUT2D eigenvalue weighted by molar-refractivity contribution is 0.414. The molecule has 0 aromatic heterocycles. The lowest BCUT2D eigenvalue weighted by atomic mass is 10.2. The summed E-state index contributed by atoms with van der Waals surface area (Å²) in [5, 5.41) is 4.00. The monoisotopic (exact) mass is 382 g/mol. The second-order valence-electron chi connectivity index (χ2n) is 6.60. The molecule has 0 radical (unpaired) electrons. The van der Waals surface area contributed by atoms with E-state index in [1.54, 1.807) is 7.11 Å². The van der Waals surface area contributed by atoms with E-state index >= 15 is 0 Å². The molecule has 0 aliphatic rings. The summed E-state index contributed by atoms with van der Waals surface area (Å²) in [5.41, 5.74) is 1.12. The molecule has 4 aromatic rings. The van der Waals surface area contributed by atoms with Crippen molar-refractivity contribution in [3.05, 3.63) is 121 Å². The van der Waals surface area contributed by atoms with Crippen molar-refractivity contribution in [2.45, 2.75) is 0 Å². The van der Waals surface area contributed by atoms with Crippen LogP contribution in [0.15, 0.2) is 115 Å². The summed E-state index contributed by atoms with van der Waals surface area (Å²) in [7, 11) is 1.74. The summed E-state index contributed by atoms with van der Waals surface area (Å²) in [5.74, 6) is 3.33. The molecular weight excluding hydrogens is 359 g/mol. The van der Waals surface area contributed by atoms with Gasteiger partial charge in [0.05, 0.1) is 7.11 Å². The maximum absolute atomic E-state index is 5.69. The van der Waals surface area contributed by atoms with E-state index in [0.29, 0.717) is 0 Å². The van der Waals surface area contributed by atoms with Gasteiger partial charge in [0, 0.05) is 5.56 Å². The summed E-state index contributed by atoms with van der Waals surface area (Å²) >= 11 is 0. The van der Waals surface area contributed by atoms with Crippen molar-refractivity contribution in [2.75, 3.05) is 7.11 Å². The number of methoxy groups -OCH3 is 1. The summed E-state index contributed by atoms with van der Waals surface area (Å²) in [6, 6.07) is 40.8. The molecule has 1 nitrogen and oxygen atoms in total. The molecule has 0 amide bonds. The van der Waals surface area contributed by atoms with Gasteiger partial charge in [-0.3, -0.25) is 0 Å². The minimum atomic E-state index is -2.02. The van der Waals surface area contributed by atoms with E-state index < -0.39 is 6.89 Å². The molecule has 0 aliphatic carbocycles. The van der Waals surface area contributed by atoms with Crippen LogP contribution >= 0.6 is 6.89 Å². The third kappa shape index (κ3) is 3.42. The largest absolute Gasteiger partial charge is 0.496 e. The third-order valence-electron chi connectivity index (χ3n) is 4.96. The molecule has 0 fully saturated rings. The van der Waals surface area contributed by atoms with Crippen LogP contribution in [0.2, 0.25) is 0 Å². The van der Waals surface area contributed by atoms with E-state index in [9.17, 15) is 0 Å². The Morgan fingerprint density at radius 1 is 0.536 bits per heavy atom. The lowest BCUT2D eigenvalue weighted by Crippen LogP contribution is -2.27. The Kier molecular flexibility index (Phi) is 5.46. The second-order valence-corrected chi connectivity index (χ2v) is 9.85. The molecule has 2 heteroatoms. The number of ether oxygens (including phenoxy) is 1. The predicted molar refractivity (Wildman–Crippen MR) is 123 cm³/mol. The molecule has 0 saturated carbocycles. The Morgan fingerprint density at radius 3 is 1.36 bits per heavy atom. The first-order valence-corrected chi connectivity index (χ1v) is 11.2. The van der Waals surface area contributed by atoms with Gasteiger partial charge >= 0.3 is 0 Å². The van der Waals surface area contributed by atoms with Crippen LogP contribution in [0.4, 0.5) is 0 Å². The summed E-state index contributed by atoms with van der Waals surface area (Å²) in [6.07, 6.45) is 0. The number of hydrogen-bond donors (Lipinski definition) is 0. The Bertz CT molecular complexity index is 983. The smallest absolute Gasteiger partial charge is 0.126 e. The van der Waals surface area contributed by atoms with E-state index in [0.717, 1.165) is 11.3 Å². The van der Waals surface area contributed by atoms with Crippen molar-refractivity contribution < 1.29 is 4.74 Å². The summed E-state index contributed by atoms with van der Waals surface area (Å²) in [4.78, 5) is 0. The van der Waals surface area contributed by atoms with Crippen LogP contribution in [0.1, 0.15) is 5.56 Å². The molecule has 0 aliphatic heterocycles. The van der Waals surface area contributed by atoms with Crippen molar-refractivity contribution in [2.24, 2.45) is 0 Å². The van der Waals surface area contributed by atoms with Gasteiger partial charge in [-0.2, -0.15) is 0 Å². The van der Waals surface area contributed by atoms with E-state index in [1.807, 2.05) is 12.1 Å². The summed E-state index contributed by atoms with van der Waals surface area (Å²) < 4.78 is 5.69. The standard InChI is InChI=1S/C26H23OP/c1-27-26-20-12-11-13-22(26)21-28(23-14-5-2-6-15-23,24-16-7-3-8-17-24)25-18-9-4-10-19-25/h2-21H,1H3. The van der Waals surface area contributed by atoms with Crippen molar-refractivity contribution in [3.8, 4) is 5.75 Å². The van der Waals surface area contributed by atoms with Gasteiger partial charge in [-0.15, -0.1) is 0 Å². The van der Waals surface area contributed by atoms with E-state index in [2.05, 4.69) is 109 Å². The molecule has 4 aromatic carbocycles. The minimum absolute atomic E-state index is 0.898. The average Bonchev–Trinajstić information content (AvgIpc) is 2.79. The predicted octanol–water partition coefficient (Wildman–Crippen LogP) is 4.84. The van der Waals surface area contributed by atoms with Gasteiger partial charge in [0.25, 0.3) is 0 Å². The van der Waals surface area contributed by atoms with Gasteiger partial charge < -0.3 is 4.74 Å². The number of hydrogen-bond acceptors (Lipinski definition) is 1. The van der Waals surface area contributed by atoms with Crippen LogP contribution in [0.3, 0.4) is 0 Å². The molecular formula is C26H23OP. The van der Waals surface area contributed by atoms with Gasteiger partial charge in [-0.05, 0) is 34.7 Å². The van der Waals surface area contributed by atoms with Crippen LogP contribution in [0, 0.1) is 0 Å². The molecule has 0 N–H and O–H groups in total. The van der Waals surface area contributed by atoms with Crippen molar-refractivity contribution in [1.29, 1.82) is 0 Å². The molecule has 28 heavy (non-hydrogen) atoms. The fourth-order valence-electron chi connectivity index (χ4n) is 3.64. The fourth-order valence-corrected chi connectivity index (χ4v) is 7.54. The summed E-state index contributed by atoms with van der Waals surface area (Å²) in [6.45, 7) is -2.02. The molecule has 4 rings (SSSR count). The number of benzene rings is 4. The van der Waals surface area contributed by atoms with Crippen LogP contribution in [0.5, 0.6) is 5.75 Å². The van der Waals surface area contributed by atoms with Gasteiger partial charge in [0.15, 0.2) is 0 Å². The van der Waals surface area contributed by atoms with Gasteiger partial charge in [0.1, 0.15) is 5.75 Å². The quantitative estimate of drug-likeness (QED) is 0.449. The SMILES string of the molecule is COc1ccccc1C=P(c1ccccc1)(c1ccccc1)c1ccccc1. The van der Waals surface area contributed by atoms with Crippen molar-refractivity contribution in [1.82, 2.24) is 0 Å². The zero-order valence-corrected chi connectivity index (χ0v) is 16.8. The van der Waals surface area contributed by atoms with Gasteiger partial charge in [0.2, 0.25) is 0 Å². The molecule has 0 atom stereocenters. The Balaban J connectivity index is 2.15. The highest BCUT2D eigenvalue weighted by molar-refractivity contribution is 7.94. The van der Waals surface area contributed by atoms with Gasteiger partial charge in [-0.1, -0.05) is 109 Å². The highest BCUT2D eigenvalue weighted by atomic mass is 31.2. The maximum atomic E-state index is 5.69. The van der Waals surface area contributed by atoms with Crippen LogP contribution in [0.25, 0.3) is 0 Å². The first-order valence-electron chi connectivity index (χ1n) is 9.39. The fraction of sp³-hybridized carbons (Fsp3) is 0.0385. The molecule has 0 unspecified atom stereocenters. The van der Waals surface area contributed by atoms with E-state index in [-0.39, 0.29) is 0 Å². The van der Waals surface area contributed by atoms with E-state index in [1.165, 1.54) is 15.9 Å². The van der Waals surface area contributed by atoms with Crippen molar-refractivity contribution >= 4 is 28.6 Å². The zero-order chi connectivity index (χ0) is 19.2. The topological polar surface area (TPSA) is 9.23 Å². The molecule has 0 bridgehead atoms. The molecule has 0 saturated heterocycles. The molecule has 0 spiro atoms. The molecule has 138 valence electrons. The first-order chi connectivity index (χ1) is 13.8. The van der Waals surface area contributed by atoms with Crippen LogP contribution in [-0.2, 0) is 0 Å². The zero-order valence-electron chi connectivity index (χ0n) is 15.9. The third-order valence-corrected chi connectivity index (χ3v) is 8.97. The Hall–Kier alpha value is -3.02. The number of para-hydroxylation sites is 1.